The summed E-state index contributed by atoms with van der Waals surface area (Å²) in [5.74, 6) is -0.502. The van der Waals surface area contributed by atoms with E-state index >= 15 is 0 Å². The molecule has 1 rings (SSSR count). The van der Waals surface area contributed by atoms with Gasteiger partial charge in [0, 0.05) is 6.04 Å². The number of alkyl carbamates (subject to hydrolysis) is 1. The van der Waals surface area contributed by atoms with Gasteiger partial charge >= 0.3 is 12.1 Å². The SMILES string of the molecule is CSCCC(NC(=O)OCC(C)C)C(=O)NC1CC(C)N(C(CCSC)C(=O)O)C1=O. The minimum absolute atomic E-state index is 0.168. The molecule has 11 heteroatoms. The fraction of sp³-hybridized carbons (Fsp3) is 0.800. The first-order valence-electron chi connectivity index (χ1n) is 10.4. The first kappa shape index (κ1) is 27.4. The lowest BCUT2D eigenvalue weighted by atomic mass is 10.1. The van der Waals surface area contributed by atoms with Crippen LogP contribution in [0.4, 0.5) is 4.79 Å². The Morgan fingerprint density at radius 3 is 2.35 bits per heavy atom. The highest BCUT2D eigenvalue weighted by Gasteiger charge is 2.44. The largest absolute Gasteiger partial charge is 0.480 e. The number of carbonyl (C=O) groups excluding carboxylic acids is 3. The number of hydrogen-bond acceptors (Lipinski definition) is 7. The van der Waals surface area contributed by atoms with Gasteiger partial charge in [0.25, 0.3) is 0 Å². The van der Waals surface area contributed by atoms with Crippen LogP contribution in [0.3, 0.4) is 0 Å². The van der Waals surface area contributed by atoms with Gasteiger partial charge in [-0.15, -0.1) is 0 Å². The van der Waals surface area contributed by atoms with Crippen LogP contribution in [-0.4, -0.2) is 88.7 Å². The van der Waals surface area contributed by atoms with Gasteiger partial charge in [-0.2, -0.15) is 23.5 Å². The van der Waals surface area contributed by atoms with Gasteiger partial charge in [-0.05, 0) is 56.1 Å². The maximum absolute atomic E-state index is 12.9. The number of carboxylic acid groups (broad SMARTS) is 1. The van der Waals surface area contributed by atoms with Gasteiger partial charge in [-0.3, -0.25) is 9.59 Å². The number of aliphatic carboxylic acids is 1. The van der Waals surface area contributed by atoms with E-state index in [4.69, 9.17) is 4.74 Å². The van der Waals surface area contributed by atoms with Gasteiger partial charge < -0.3 is 25.4 Å². The maximum atomic E-state index is 12.9. The van der Waals surface area contributed by atoms with Crippen LogP contribution >= 0.6 is 23.5 Å². The van der Waals surface area contributed by atoms with Crippen molar-refractivity contribution >= 4 is 47.4 Å². The second-order valence-corrected chi connectivity index (χ2v) is 9.97. The molecule has 3 N–H and O–H groups in total. The average Bonchev–Trinajstić information content (AvgIpc) is 2.97. The Morgan fingerprint density at radius 1 is 1.19 bits per heavy atom. The van der Waals surface area contributed by atoms with Gasteiger partial charge in [-0.1, -0.05) is 13.8 Å². The minimum atomic E-state index is -1.05. The molecule has 0 aromatic rings. The molecule has 0 bridgehead atoms. The van der Waals surface area contributed by atoms with Crippen molar-refractivity contribution < 1.29 is 29.0 Å². The van der Waals surface area contributed by atoms with E-state index in [1.807, 2.05) is 26.4 Å². The van der Waals surface area contributed by atoms with Gasteiger partial charge in [0.15, 0.2) is 0 Å². The molecule has 1 heterocycles. The molecule has 0 spiro atoms. The number of nitrogens with zero attached hydrogens (tertiary/aromatic N) is 1. The molecular weight excluding hydrogens is 442 g/mol. The third-order valence-corrected chi connectivity index (χ3v) is 6.19. The lowest BCUT2D eigenvalue weighted by molar-refractivity contribution is -0.150. The molecule has 1 aliphatic heterocycles. The zero-order valence-corrected chi connectivity index (χ0v) is 20.5. The lowest BCUT2D eigenvalue weighted by Crippen LogP contribution is -2.53. The van der Waals surface area contributed by atoms with Crippen LogP contribution in [0.5, 0.6) is 0 Å². The zero-order chi connectivity index (χ0) is 23.6. The van der Waals surface area contributed by atoms with Crippen LogP contribution in [0.25, 0.3) is 0 Å². The maximum Gasteiger partial charge on any atom is 0.407 e. The molecule has 4 unspecified atom stereocenters. The van der Waals surface area contributed by atoms with Gasteiger partial charge in [0.05, 0.1) is 6.61 Å². The molecule has 4 atom stereocenters. The van der Waals surface area contributed by atoms with E-state index in [1.54, 1.807) is 6.92 Å². The van der Waals surface area contributed by atoms with Crippen LogP contribution in [-0.2, 0) is 19.1 Å². The molecule has 178 valence electrons. The molecule has 3 amide bonds. The van der Waals surface area contributed by atoms with E-state index < -0.39 is 42.0 Å². The topological polar surface area (TPSA) is 125 Å². The summed E-state index contributed by atoms with van der Waals surface area (Å²) in [5, 5.41) is 14.9. The molecule has 1 aliphatic rings. The standard InChI is InChI=1S/C20H35N3O6S2/c1-12(2)11-29-20(28)22-14(6-8-30-4)17(24)21-15-10-13(3)23(18(15)25)16(19(26)27)7-9-31-5/h12-16H,6-11H2,1-5H3,(H,21,24)(H,22,28)(H,26,27). The number of rotatable bonds is 13. The second kappa shape index (κ2) is 13.7. The van der Waals surface area contributed by atoms with Crippen LogP contribution < -0.4 is 10.6 Å². The van der Waals surface area contributed by atoms with Gasteiger partial charge in [0.2, 0.25) is 11.8 Å². The van der Waals surface area contributed by atoms with E-state index in [1.165, 1.54) is 28.4 Å². The van der Waals surface area contributed by atoms with Crippen LogP contribution in [0.2, 0.25) is 0 Å². The summed E-state index contributed by atoms with van der Waals surface area (Å²) in [4.78, 5) is 50.9. The summed E-state index contributed by atoms with van der Waals surface area (Å²) in [7, 11) is 0. The highest BCUT2D eigenvalue weighted by atomic mass is 32.2. The van der Waals surface area contributed by atoms with Crippen LogP contribution in [0, 0.1) is 5.92 Å². The van der Waals surface area contributed by atoms with Crippen molar-refractivity contribution in [3.8, 4) is 0 Å². The summed E-state index contributed by atoms with van der Waals surface area (Å²) in [6.07, 6.45) is 4.14. The number of nitrogens with one attached hydrogen (secondary N) is 2. The van der Waals surface area contributed by atoms with Crippen molar-refractivity contribution in [2.45, 2.75) is 64.2 Å². The quantitative estimate of drug-likeness (QED) is 0.367. The summed E-state index contributed by atoms with van der Waals surface area (Å²) in [5.41, 5.74) is 0. The number of carboxylic acids is 1. The summed E-state index contributed by atoms with van der Waals surface area (Å²) in [6.45, 7) is 5.84. The molecule has 0 radical (unpaired) electrons. The Morgan fingerprint density at radius 2 is 1.81 bits per heavy atom. The lowest BCUT2D eigenvalue weighted by Gasteiger charge is -2.28. The number of hydrogen-bond donors (Lipinski definition) is 3. The fourth-order valence-corrected chi connectivity index (χ4v) is 4.28. The molecule has 9 nitrogen and oxygen atoms in total. The van der Waals surface area contributed by atoms with Crippen molar-refractivity contribution in [1.29, 1.82) is 0 Å². The summed E-state index contributed by atoms with van der Waals surface area (Å²) >= 11 is 3.05. The number of carbonyl (C=O) groups is 4. The Labute approximate surface area is 192 Å². The Balaban J connectivity index is 2.82. The third-order valence-electron chi connectivity index (χ3n) is 4.90. The summed E-state index contributed by atoms with van der Waals surface area (Å²) < 4.78 is 5.11. The van der Waals surface area contributed by atoms with Crippen molar-refractivity contribution in [2.24, 2.45) is 5.92 Å². The number of thioether (sulfide) groups is 2. The molecular formula is C20H35N3O6S2. The number of ether oxygens (including phenoxy) is 1. The average molecular weight is 478 g/mol. The first-order chi connectivity index (χ1) is 14.6. The minimum Gasteiger partial charge on any atom is -0.480 e. The predicted octanol–water partition coefficient (Wildman–Crippen LogP) is 1.80. The Kier molecular flexibility index (Phi) is 12.1. The van der Waals surface area contributed by atoms with Crippen molar-refractivity contribution in [3.05, 3.63) is 0 Å². The molecule has 0 aromatic carbocycles. The molecule has 0 aliphatic carbocycles. The molecule has 31 heavy (non-hydrogen) atoms. The van der Waals surface area contributed by atoms with E-state index in [0.717, 1.165) is 0 Å². The van der Waals surface area contributed by atoms with E-state index in [-0.39, 0.29) is 18.6 Å². The van der Waals surface area contributed by atoms with Crippen molar-refractivity contribution in [1.82, 2.24) is 15.5 Å². The van der Waals surface area contributed by atoms with E-state index in [2.05, 4.69) is 10.6 Å². The van der Waals surface area contributed by atoms with Gasteiger partial charge in [0.1, 0.15) is 18.1 Å². The van der Waals surface area contributed by atoms with Crippen molar-refractivity contribution in [3.63, 3.8) is 0 Å². The highest BCUT2D eigenvalue weighted by molar-refractivity contribution is 7.98. The molecule has 0 saturated carbocycles. The molecule has 0 aromatic heterocycles. The third kappa shape index (κ3) is 8.80. The smallest absolute Gasteiger partial charge is 0.407 e. The summed E-state index contributed by atoms with van der Waals surface area (Å²) in [6, 6.07) is -2.89. The van der Waals surface area contributed by atoms with Crippen LogP contribution in [0.1, 0.15) is 40.0 Å². The van der Waals surface area contributed by atoms with Crippen molar-refractivity contribution in [2.75, 3.05) is 30.6 Å². The second-order valence-electron chi connectivity index (χ2n) is 8.00. The van der Waals surface area contributed by atoms with E-state index in [0.29, 0.717) is 30.8 Å². The van der Waals surface area contributed by atoms with Gasteiger partial charge in [-0.25, -0.2) is 9.59 Å². The predicted molar refractivity (Wildman–Crippen MR) is 123 cm³/mol. The first-order valence-corrected chi connectivity index (χ1v) is 13.2. The Hall–Kier alpha value is -1.62. The zero-order valence-electron chi connectivity index (χ0n) is 18.9. The Bertz CT molecular complexity index is 634. The normalized spacial score (nSPS) is 20.5. The molecule has 1 saturated heterocycles. The number of amides is 3. The van der Waals surface area contributed by atoms with Crippen LogP contribution in [0.15, 0.2) is 0 Å². The monoisotopic (exact) mass is 477 g/mol. The molecule has 1 fully saturated rings. The fourth-order valence-electron chi connectivity index (χ4n) is 3.35. The number of likely N-dealkylation sites (tertiary alicyclic amines) is 1. The highest BCUT2D eigenvalue weighted by Crippen LogP contribution is 2.24. The van der Waals surface area contributed by atoms with E-state index in [9.17, 15) is 24.3 Å².